The van der Waals surface area contributed by atoms with Gasteiger partial charge in [0.1, 0.15) is 0 Å². The van der Waals surface area contributed by atoms with Crippen molar-refractivity contribution < 1.29 is 4.74 Å². The van der Waals surface area contributed by atoms with Gasteiger partial charge >= 0.3 is 0 Å². The number of hydrogen-bond acceptors (Lipinski definition) is 2. The second-order valence-electron chi connectivity index (χ2n) is 4.82. The van der Waals surface area contributed by atoms with Gasteiger partial charge < -0.3 is 9.30 Å². The zero-order valence-corrected chi connectivity index (χ0v) is 11.8. The minimum absolute atomic E-state index is 0.662. The summed E-state index contributed by atoms with van der Waals surface area (Å²) in [6.45, 7) is 2.95. The maximum Gasteiger partial charge on any atom is 0.213 e. The first kappa shape index (κ1) is 12.7. The molecule has 3 rings (SSSR count). The molecule has 2 heterocycles. The van der Waals surface area contributed by atoms with E-state index in [1.165, 1.54) is 16.5 Å². The molecule has 0 unspecified atom stereocenters. The predicted octanol–water partition coefficient (Wildman–Crippen LogP) is 3.66. The van der Waals surface area contributed by atoms with Crippen LogP contribution in [0.3, 0.4) is 0 Å². The van der Waals surface area contributed by atoms with Crippen LogP contribution in [0.25, 0.3) is 10.9 Å². The molecule has 0 aliphatic carbocycles. The molecule has 0 saturated carbocycles. The van der Waals surface area contributed by atoms with Crippen molar-refractivity contribution in [2.75, 3.05) is 7.11 Å². The number of para-hydroxylation sites is 1. The maximum atomic E-state index is 5.19. The van der Waals surface area contributed by atoms with Gasteiger partial charge in [-0.05, 0) is 29.5 Å². The van der Waals surface area contributed by atoms with Crippen molar-refractivity contribution in [3.8, 4) is 5.88 Å². The Morgan fingerprint density at radius 1 is 1.10 bits per heavy atom. The van der Waals surface area contributed by atoms with E-state index in [2.05, 4.69) is 46.9 Å². The number of rotatable bonds is 4. The van der Waals surface area contributed by atoms with Crippen LogP contribution in [0.15, 0.2) is 48.7 Å². The lowest BCUT2D eigenvalue weighted by atomic mass is 10.1. The van der Waals surface area contributed by atoms with E-state index in [9.17, 15) is 0 Å². The highest BCUT2D eigenvalue weighted by Crippen LogP contribution is 2.22. The van der Waals surface area contributed by atoms with E-state index in [1.807, 2.05) is 18.2 Å². The third-order valence-electron chi connectivity index (χ3n) is 3.58. The lowest BCUT2D eigenvalue weighted by molar-refractivity contribution is 0.396. The van der Waals surface area contributed by atoms with Crippen LogP contribution in [0, 0.1) is 0 Å². The Kier molecular flexibility index (Phi) is 3.42. The highest BCUT2D eigenvalue weighted by atomic mass is 16.5. The van der Waals surface area contributed by atoms with E-state index in [1.54, 1.807) is 7.11 Å². The standard InChI is InChI=1S/C17H18N2O/c1-3-13-6-4-7-14-10-11-19(17(13)14)12-15-8-5-9-16(18-15)20-2/h4-11H,3,12H2,1-2H3. The number of benzene rings is 1. The summed E-state index contributed by atoms with van der Waals surface area (Å²) in [5.41, 5.74) is 3.68. The van der Waals surface area contributed by atoms with Gasteiger partial charge in [-0.2, -0.15) is 0 Å². The average Bonchev–Trinajstić information content (AvgIpc) is 2.90. The quantitative estimate of drug-likeness (QED) is 0.720. The molecule has 0 fully saturated rings. The molecule has 0 bridgehead atoms. The van der Waals surface area contributed by atoms with E-state index >= 15 is 0 Å². The summed E-state index contributed by atoms with van der Waals surface area (Å²) in [7, 11) is 1.65. The largest absolute Gasteiger partial charge is 0.481 e. The van der Waals surface area contributed by atoms with Crippen molar-refractivity contribution in [2.24, 2.45) is 0 Å². The topological polar surface area (TPSA) is 27.1 Å². The third-order valence-corrected chi connectivity index (χ3v) is 3.58. The van der Waals surface area contributed by atoms with Crippen molar-refractivity contribution in [3.63, 3.8) is 0 Å². The molecule has 3 aromatic rings. The minimum atomic E-state index is 0.662. The van der Waals surface area contributed by atoms with Gasteiger partial charge in [-0.3, -0.25) is 0 Å². The Morgan fingerprint density at radius 2 is 1.95 bits per heavy atom. The monoisotopic (exact) mass is 266 g/mol. The van der Waals surface area contributed by atoms with Crippen LogP contribution in [0.1, 0.15) is 18.2 Å². The second-order valence-corrected chi connectivity index (χ2v) is 4.82. The second kappa shape index (κ2) is 5.37. The number of fused-ring (bicyclic) bond motifs is 1. The SMILES string of the molecule is CCc1cccc2ccn(Cc3cccc(OC)n3)c12. The number of nitrogens with zero attached hydrogens (tertiary/aromatic N) is 2. The Morgan fingerprint density at radius 3 is 2.75 bits per heavy atom. The third kappa shape index (κ3) is 2.27. The van der Waals surface area contributed by atoms with Crippen molar-refractivity contribution >= 4 is 10.9 Å². The molecule has 102 valence electrons. The van der Waals surface area contributed by atoms with Crippen molar-refractivity contribution in [1.29, 1.82) is 0 Å². The van der Waals surface area contributed by atoms with Crippen LogP contribution in [0.4, 0.5) is 0 Å². The fraction of sp³-hybridized carbons (Fsp3) is 0.235. The van der Waals surface area contributed by atoms with Gasteiger partial charge in [0.05, 0.1) is 24.9 Å². The van der Waals surface area contributed by atoms with Gasteiger partial charge in [-0.25, -0.2) is 4.98 Å². The Balaban J connectivity index is 2.02. The van der Waals surface area contributed by atoms with Gasteiger partial charge in [0.2, 0.25) is 5.88 Å². The van der Waals surface area contributed by atoms with Crippen molar-refractivity contribution in [1.82, 2.24) is 9.55 Å². The Hall–Kier alpha value is -2.29. The van der Waals surface area contributed by atoms with Crippen molar-refractivity contribution in [2.45, 2.75) is 19.9 Å². The number of aryl methyl sites for hydroxylation is 1. The fourth-order valence-electron chi connectivity index (χ4n) is 2.59. The Labute approximate surface area is 118 Å². The average molecular weight is 266 g/mol. The first-order valence-corrected chi connectivity index (χ1v) is 6.88. The highest BCUT2D eigenvalue weighted by Gasteiger charge is 2.07. The molecule has 2 aromatic heterocycles. The number of methoxy groups -OCH3 is 1. The van der Waals surface area contributed by atoms with E-state index in [4.69, 9.17) is 4.74 Å². The molecule has 0 aliphatic rings. The number of aromatic nitrogens is 2. The fourth-order valence-corrected chi connectivity index (χ4v) is 2.59. The number of ether oxygens (including phenoxy) is 1. The summed E-state index contributed by atoms with van der Waals surface area (Å²) in [5.74, 6) is 0.662. The summed E-state index contributed by atoms with van der Waals surface area (Å²) < 4.78 is 7.45. The van der Waals surface area contributed by atoms with Crippen LogP contribution >= 0.6 is 0 Å². The Bertz CT molecular complexity index is 731. The summed E-state index contributed by atoms with van der Waals surface area (Å²) >= 11 is 0. The highest BCUT2D eigenvalue weighted by molar-refractivity contribution is 5.83. The molecular formula is C17H18N2O. The molecule has 3 heteroatoms. The zero-order valence-electron chi connectivity index (χ0n) is 11.8. The van der Waals surface area contributed by atoms with Crippen LogP contribution in [0.5, 0.6) is 5.88 Å². The summed E-state index contributed by atoms with van der Waals surface area (Å²) in [5, 5.41) is 1.28. The zero-order chi connectivity index (χ0) is 13.9. The van der Waals surface area contributed by atoms with Gasteiger partial charge in [0, 0.05) is 12.3 Å². The molecule has 0 radical (unpaired) electrons. The molecular weight excluding hydrogens is 248 g/mol. The van der Waals surface area contributed by atoms with Gasteiger partial charge in [-0.15, -0.1) is 0 Å². The summed E-state index contributed by atoms with van der Waals surface area (Å²) in [6, 6.07) is 14.5. The van der Waals surface area contributed by atoms with Crippen LogP contribution in [-0.4, -0.2) is 16.7 Å². The molecule has 0 amide bonds. The molecule has 0 spiro atoms. The maximum absolute atomic E-state index is 5.19. The molecule has 0 N–H and O–H groups in total. The normalized spacial score (nSPS) is 10.9. The smallest absolute Gasteiger partial charge is 0.213 e. The van der Waals surface area contributed by atoms with E-state index in [-0.39, 0.29) is 0 Å². The van der Waals surface area contributed by atoms with Gasteiger partial charge in [0.15, 0.2) is 0 Å². The molecule has 0 aliphatic heterocycles. The predicted molar refractivity (Wildman–Crippen MR) is 81.2 cm³/mol. The van der Waals surface area contributed by atoms with E-state index in [0.29, 0.717) is 5.88 Å². The molecule has 20 heavy (non-hydrogen) atoms. The molecule has 0 saturated heterocycles. The molecule has 0 atom stereocenters. The number of hydrogen-bond donors (Lipinski definition) is 0. The van der Waals surface area contributed by atoms with E-state index < -0.39 is 0 Å². The lowest BCUT2D eigenvalue weighted by Crippen LogP contribution is -2.02. The van der Waals surface area contributed by atoms with Gasteiger partial charge in [-0.1, -0.05) is 31.2 Å². The molecule has 3 nitrogen and oxygen atoms in total. The van der Waals surface area contributed by atoms with Gasteiger partial charge in [0.25, 0.3) is 0 Å². The number of pyridine rings is 1. The first-order chi connectivity index (χ1) is 9.81. The van der Waals surface area contributed by atoms with E-state index in [0.717, 1.165) is 18.7 Å². The molecule has 1 aromatic carbocycles. The van der Waals surface area contributed by atoms with Crippen LogP contribution < -0.4 is 4.74 Å². The summed E-state index contributed by atoms with van der Waals surface area (Å²) in [4.78, 5) is 4.49. The first-order valence-electron chi connectivity index (χ1n) is 6.88. The lowest BCUT2D eigenvalue weighted by Gasteiger charge is -2.09. The van der Waals surface area contributed by atoms with Crippen LogP contribution in [0.2, 0.25) is 0 Å². The minimum Gasteiger partial charge on any atom is -0.481 e. The summed E-state index contributed by atoms with van der Waals surface area (Å²) in [6.07, 6.45) is 3.16. The van der Waals surface area contributed by atoms with Crippen LogP contribution in [-0.2, 0) is 13.0 Å². The van der Waals surface area contributed by atoms with Crippen molar-refractivity contribution in [3.05, 3.63) is 59.9 Å².